The fourth-order valence-corrected chi connectivity index (χ4v) is 2.90. The summed E-state index contributed by atoms with van der Waals surface area (Å²) in [4.78, 5) is 14.1. The van der Waals surface area contributed by atoms with E-state index in [1.54, 1.807) is 10.6 Å². The molecule has 1 aromatic heterocycles. The molecule has 4 nitrogen and oxygen atoms in total. The molecule has 0 aliphatic carbocycles. The molecule has 4 heteroatoms. The molecule has 0 amide bonds. The lowest BCUT2D eigenvalue weighted by atomic mass is 9.94. The molecular formula is C12H16N2O2. The summed E-state index contributed by atoms with van der Waals surface area (Å²) in [5, 5.41) is 9.34. The predicted octanol–water partition coefficient (Wildman–Crippen LogP) is 0.709. The minimum atomic E-state index is -0.0623. The molecule has 16 heavy (non-hydrogen) atoms. The van der Waals surface area contributed by atoms with Crippen LogP contribution in [-0.4, -0.2) is 29.4 Å². The topological polar surface area (TPSA) is 45.5 Å². The lowest BCUT2D eigenvalue weighted by molar-refractivity contribution is 0.239. The molecule has 1 N–H and O–H groups in total. The van der Waals surface area contributed by atoms with Gasteiger partial charge in [0.05, 0.1) is 12.6 Å². The molecule has 2 atom stereocenters. The van der Waals surface area contributed by atoms with Crippen molar-refractivity contribution in [1.29, 1.82) is 0 Å². The molecule has 2 unspecified atom stereocenters. The molecule has 3 heterocycles. The maximum Gasteiger partial charge on any atom is 0.252 e. The number of aromatic nitrogens is 1. The Kier molecular flexibility index (Phi) is 2.07. The van der Waals surface area contributed by atoms with Gasteiger partial charge < -0.3 is 10.0 Å². The van der Waals surface area contributed by atoms with Crippen molar-refractivity contribution in [3.8, 4) is 0 Å². The molecule has 0 fully saturated rings. The van der Waals surface area contributed by atoms with Crippen LogP contribution in [0.3, 0.4) is 0 Å². The van der Waals surface area contributed by atoms with Crippen molar-refractivity contribution in [2.45, 2.75) is 25.3 Å². The Morgan fingerprint density at radius 3 is 3.06 bits per heavy atom. The van der Waals surface area contributed by atoms with Gasteiger partial charge >= 0.3 is 0 Å². The number of nitrogens with zero attached hydrogens (tertiary/aromatic N) is 2. The fourth-order valence-electron chi connectivity index (χ4n) is 2.90. The summed E-state index contributed by atoms with van der Waals surface area (Å²) in [5.41, 5.74) is 1.26. The number of aliphatic hydroxyl groups is 1. The lowest BCUT2D eigenvalue weighted by Crippen LogP contribution is -2.29. The smallest absolute Gasteiger partial charge is 0.252 e. The number of hydrogen-bond acceptors (Lipinski definition) is 3. The van der Waals surface area contributed by atoms with Crippen LogP contribution in [0, 0.1) is 0 Å². The van der Waals surface area contributed by atoms with Crippen molar-refractivity contribution in [1.82, 2.24) is 4.57 Å². The maximum atomic E-state index is 11.9. The van der Waals surface area contributed by atoms with Gasteiger partial charge in [-0.15, -0.1) is 0 Å². The summed E-state index contributed by atoms with van der Waals surface area (Å²) in [7, 11) is 0. The summed E-state index contributed by atoms with van der Waals surface area (Å²) < 4.78 is 1.77. The second-order valence-electron chi connectivity index (χ2n) is 4.79. The zero-order valence-corrected chi connectivity index (χ0v) is 9.39. The number of aliphatic hydroxyl groups excluding tert-OH is 1. The fraction of sp³-hybridized carbons (Fsp3) is 0.583. The van der Waals surface area contributed by atoms with Crippen LogP contribution in [0.4, 0.5) is 5.82 Å². The Hall–Kier alpha value is -1.29. The zero-order chi connectivity index (χ0) is 11.3. The van der Waals surface area contributed by atoms with E-state index in [-0.39, 0.29) is 18.2 Å². The van der Waals surface area contributed by atoms with Crippen molar-refractivity contribution in [3.63, 3.8) is 0 Å². The molecule has 0 radical (unpaired) electrons. The zero-order valence-electron chi connectivity index (χ0n) is 9.39. The number of rotatable bonds is 1. The Bertz CT molecular complexity index is 480. The van der Waals surface area contributed by atoms with E-state index in [1.807, 2.05) is 6.07 Å². The summed E-state index contributed by atoms with van der Waals surface area (Å²) in [6.07, 6.45) is 1.13. The van der Waals surface area contributed by atoms with Crippen LogP contribution in [0.1, 0.15) is 30.9 Å². The largest absolute Gasteiger partial charge is 0.394 e. The first-order valence-electron chi connectivity index (χ1n) is 5.83. The lowest BCUT2D eigenvalue weighted by Gasteiger charge is -2.30. The Balaban J connectivity index is 2.25. The third kappa shape index (κ3) is 1.16. The van der Waals surface area contributed by atoms with Crippen LogP contribution >= 0.6 is 0 Å². The molecule has 0 spiro atoms. The highest BCUT2D eigenvalue weighted by Crippen LogP contribution is 2.39. The minimum Gasteiger partial charge on any atom is -0.394 e. The Morgan fingerprint density at radius 2 is 2.31 bits per heavy atom. The van der Waals surface area contributed by atoms with Gasteiger partial charge in [0, 0.05) is 19.2 Å². The van der Waals surface area contributed by atoms with Gasteiger partial charge in [0.15, 0.2) is 0 Å². The van der Waals surface area contributed by atoms with Gasteiger partial charge in [-0.1, -0.05) is 6.92 Å². The van der Waals surface area contributed by atoms with E-state index >= 15 is 0 Å². The minimum absolute atomic E-state index is 0.00870. The average Bonchev–Trinajstić information content (AvgIpc) is 2.66. The summed E-state index contributed by atoms with van der Waals surface area (Å²) >= 11 is 0. The highest BCUT2D eigenvalue weighted by Gasteiger charge is 2.34. The standard InChI is InChI=1S/C12H16N2O2/c1-8-4-5-13-6-9(7-15)14-11(16)3-2-10(8)12(13)14/h2-3,8-9,15H,4-7H2,1H3. The molecule has 1 aromatic rings. The third-order valence-electron chi connectivity index (χ3n) is 3.80. The van der Waals surface area contributed by atoms with Crippen molar-refractivity contribution in [2.24, 2.45) is 0 Å². The van der Waals surface area contributed by atoms with Crippen molar-refractivity contribution in [2.75, 3.05) is 24.6 Å². The summed E-state index contributed by atoms with van der Waals surface area (Å²) in [6.45, 7) is 4.01. The molecule has 0 aromatic carbocycles. The number of anilines is 1. The normalized spacial score (nSPS) is 27.0. The van der Waals surface area contributed by atoms with Gasteiger partial charge in [-0.25, -0.2) is 0 Å². The second kappa shape index (κ2) is 3.35. The third-order valence-corrected chi connectivity index (χ3v) is 3.80. The summed E-state index contributed by atoms with van der Waals surface area (Å²) in [6, 6.07) is 3.52. The first-order valence-corrected chi connectivity index (χ1v) is 5.83. The SMILES string of the molecule is CC1CCN2CC(CO)n3c2c1ccc3=O. The second-order valence-corrected chi connectivity index (χ2v) is 4.79. The molecule has 2 aliphatic rings. The molecular weight excluding hydrogens is 204 g/mol. The van der Waals surface area contributed by atoms with E-state index in [9.17, 15) is 9.90 Å². The molecule has 0 saturated heterocycles. The van der Waals surface area contributed by atoms with E-state index < -0.39 is 0 Å². The molecule has 0 saturated carbocycles. The predicted molar refractivity (Wildman–Crippen MR) is 62.1 cm³/mol. The monoisotopic (exact) mass is 220 g/mol. The molecule has 0 bridgehead atoms. The molecule has 3 rings (SSSR count). The van der Waals surface area contributed by atoms with E-state index in [4.69, 9.17) is 0 Å². The quantitative estimate of drug-likeness (QED) is 0.758. The van der Waals surface area contributed by atoms with Crippen LogP contribution in [0.15, 0.2) is 16.9 Å². The van der Waals surface area contributed by atoms with Crippen LogP contribution in [0.2, 0.25) is 0 Å². The van der Waals surface area contributed by atoms with E-state index in [0.717, 1.165) is 25.3 Å². The maximum absolute atomic E-state index is 11.9. The van der Waals surface area contributed by atoms with E-state index in [0.29, 0.717) is 5.92 Å². The van der Waals surface area contributed by atoms with Crippen molar-refractivity contribution >= 4 is 5.82 Å². The number of hydrogen-bond donors (Lipinski definition) is 1. The van der Waals surface area contributed by atoms with Crippen LogP contribution < -0.4 is 10.5 Å². The van der Waals surface area contributed by atoms with Crippen molar-refractivity contribution < 1.29 is 5.11 Å². The van der Waals surface area contributed by atoms with E-state index in [2.05, 4.69) is 11.8 Å². The van der Waals surface area contributed by atoms with Gasteiger partial charge in [-0.3, -0.25) is 9.36 Å². The van der Waals surface area contributed by atoms with E-state index in [1.165, 1.54) is 5.56 Å². The van der Waals surface area contributed by atoms with Gasteiger partial charge in [0.1, 0.15) is 5.82 Å². The average molecular weight is 220 g/mol. The highest BCUT2D eigenvalue weighted by molar-refractivity contribution is 5.55. The molecule has 86 valence electrons. The van der Waals surface area contributed by atoms with Crippen LogP contribution in [-0.2, 0) is 0 Å². The van der Waals surface area contributed by atoms with Gasteiger partial charge in [0.2, 0.25) is 0 Å². The first-order chi connectivity index (χ1) is 7.72. The van der Waals surface area contributed by atoms with Crippen LogP contribution in [0.5, 0.6) is 0 Å². The first kappa shape index (κ1) is 9.90. The number of pyridine rings is 1. The Labute approximate surface area is 94.1 Å². The van der Waals surface area contributed by atoms with Gasteiger partial charge in [-0.2, -0.15) is 0 Å². The van der Waals surface area contributed by atoms with Crippen molar-refractivity contribution in [3.05, 3.63) is 28.0 Å². The summed E-state index contributed by atoms with van der Waals surface area (Å²) in [5.74, 6) is 1.56. The van der Waals surface area contributed by atoms with Crippen LogP contribution in [0.25, 0.3) is 0 Å². The molecule has 2 aliphatic heterocycles. The van der Waals surface area contributed by atoms with Gasteiger partial charge in [-0.05, 0) is 24.0 Å². The van der Waals surface area contributed by atoms with Gasteiger partial charge in [0.25, 0.3) is 5.56 Å². The Morgan fingerprint density at radius 1 is 1.50 bits per heavy atom. The highest BCUT2D eigenvalue weighted by atomic mass is 16.3.